The number of hydrogen-bond acceptors (Lipinski definition) is 4. The predicted molar refractivity (Wildman–Crippen MR) is 129 cm³/mol. The van der Waals surface area contributed by atoms with Crippen LogP contribution in [0, 0.1) is 0 Å². The Hall–Kier alpha value is -3.09. The second-order valence-electron chi connectivity index (χ2n) is 8.24. The second kappa shape index (κ2) is 8.11. The number of rotatable bonds is 5. The normalized spacial score (nSPS) is 16.1. The van der Waals surface area contributed by atoms with E-state index in [4.69, 9.17) is 11.6 Å². The van der Waals surface area contributed by atoms with Gasteiger partial charge in [-0.25, -0.2) is 8.42 Å². The molecule has 0 atom stereocenters. The van der Waals surface area contributed by atoms with Crippen molar-refractivity contribution in [3.05, 3.63) is 101 Å². The smallest absolute Gasteiger partial charge is 0.261 e. The van der Waals surface area contributed by atoms with Gasteiger partial charge in [0, 0.05) is 46.2 Å². The van der Waals surface area contributed by atoms with Crippen molar-refractivity contribution in [2.45, 2.75) is 24.2 Å². The quantitative estimate of drug-likeness (QED) is 0.390. The Morgan fingerprint density at radius 3 is 2.38 bits per heavy atom. The fourth-order valence-corrected chi connectivity index (χ4v) is 5.24. The van der Waals surface area contributed by atoms with Gasteiger partial charge in [0.2, 0.25) is 0 Å². The van der Waals surface area contributed by atoms with E-state index < -0.39 is 10.0 Å². The highest BCUT2D eigenvalue weighted by atomic mass is 35.5. The maximum Gasteiger partial charge on any atom is 0.261 e. The number of halogens is 1. The summed E-state index contributed by atoms with van der Waals surface area (Å²) in [4.78, 5) is 15.1. The van der Waals surface area contributed by atoms with Crippen LogP contribution in [0.4, 0.5) is 11.4 Å². The third-order valence-electron chi connectivity index (χ3n) is 5.73. The molecule has 5 nitrogen and oxygen atoms in total. The average molecular weight is 467 g/mol. The number of benzene rings is 3. The first-order chi connectivity index (χ1) is 15.1. The molecular formula is C25H23ClN2O3S. The lowest BCUT2D eigenvalue weighted by molar-refractivity contribution is 0.104. The molecule has 32 heavy (non-hydrogen) atoms. The van der Waals surface area contributed by atoms with Gasteiger partial charge in [0.05, 0.1) is 4.90 Å². The number of carbonyl (C=O) groups is 1. The Morgan fingerprint density at radius 2 is 1.69 bits per heavy atom. The van der Waals surface area contributed by atoms with Crippen LogP contribution in [-0.4, -0.2) is 21.2 Å². The van der Waals surface area contributed by atoms with Crippen LogP contribution < -0.4 is 9.62 Å². The first kappa shape index (κ1) is 22.1. The fraction of sp³-hybridized carbons (Fsp3) is 0.160. The number of nitrogens with zero attached hydrogens (tertiary/aromatic N) is 1. The molecule has 0 aromatic heterocycles. The summed E-state index contributed by atoms with van der Waals surface area (Å²) in [6.07, 6.45) is 1.60. The topological polar surface area (TPSA) is 66.5 Å². The van der Waals surface area contributed by atoms with E-state index in [1.165, 1.54) is 12.1 Å². The number of anilines is 2. The van der Waals surface area contributed by atoms with Crippen LogP contribution in [0.3, 0.4) is 0 Å². The molecule has 1 N–H and O–H groups in total. The lowest BCUT2D eigenvalue weighted by Gasteiger charge is -2.24. The zero-order chi connectivity index (χ0) is 23.1. The van der Waals surface area contributed by atoms with Crippen LogP contribution in [0.15, 0.2) is 89.5 Å². The summed E-state index contributed by atoms with van der Waals surface area (Å²) >= 11 is 5.86. The number of hydrogen-bond donors (Lipinski definition) is 1. The molecule has 0 fully saturated rings. The van der Waals surface area contributed by atoms with Crippen LogP contribution in [0.2, 0.25) is 5.02 Å². The Kier molecular flexibility index (Phi) is 5.61. The maximum atomic E-state index is 13.1. The molecule has 4 rings (SSSR count). The van der Waals surface area contributed by atoms with Crippen molar-refractivity contribution in [3.63, 3.8) is 0 Å². The minimum absolute atomic E-state index is 0.0130. The van der Waals surface area contributed by atoms with Gasteiger partial charge in [-0.15, -0.1) is 0 Å². The maximum absolute atomic E-state index is 13.1. The molecule has 164 valence electrons. The molecule has 0 bridgehead atoms. The summed E-state index contributed by atoms with van der Waals surface area (Å²) < 4.78 is 28.2. The van der Waals surface area contributed by atoms with E-state index in [0.717, 1.165) is 16.9 Å². The molecule has 1 aliphatic rings. The molecule has 0 amide bonds. The number of para-hydroxylation sites is 1. The lowest BCUT2D eigenvalue weighted by atomic mass is 9.83. The highest BCUT2D eigenvalue weighted by Gasteiger charge is 2.38. The number of carbonyl (C=O) groups excluding carboxylic acids is 1. The zero-order valence-corrected chi connectivity index (χ0v) is 19.5. The Balaban J connectivity index is 1.64. The van der Waals surface area contributed by atoms with Gasteiger partial charge in [-0.05, 0) is 48.0 Å². The molecule has 1 heterocycles. The number of likely N-dealkylation sites (N-methyl/N-ethyl adjacent to an activating group) is 1. The number of fused-ring (bicyclic) bond motifs is 1. The number of sulfonamides is 1. The van der Waals surface area contributed by atoms with E-state index in [0.29, 0.717) is 16.3 Å². The van der Waals surface area contributed by atoms with Crippen LogP contribution in [0.1, 0.15) is 29.8 Å². The first-order valence-corrected chi connectivity index (χ1v) is 11.9. The van der Waals surface area contributed by atoms with Gasteiger partial charge in [-0.3, -0.25) is 9.52 Å². The summed E-state index contributed by atoms with van der Waals surface area (Å²) in [7, 11) is -1.93. The van der Waals surface area contributed by atoms with Crippen LogP contribution in [0.25, 0.3) is 0 Å². The van der Waals surface area contributed by atoms with Crippen molar-refractivity contribution >= 4 is 38.8 Å². The molecule has 0 aliphatic carbocycles. The van der Waals surface area contributed by atoms with Crippen molar-refractivity contribution in [3.8, 4) is 0 Å². The minimum Gasteiger partial charge on any atom is -0.347 e. The fourth-order valence-electron chi connectivity index (χ4n) is 4.01. The van der Waals surface area contributed by atoms with Crippen molar-refractivity contribution in [2.75, 3.05) is 16.7 Å². The SMILES string of the molecule is CN1/C(=C/C(=O)c2cccc(S(=O)(=O)Nc3ccc(Cl)cc3)c2)C(C)(C)c2ccccc21. The third kappa shape index (κ3) is 4.04. The second-order valence-corrected chi connectivity index (χ2v) is 10.4. The van der Waals surface area contributed by atoms with Crippen LogP contribution >= 0.6 is 11.6 Å². The first-order valence-electron chi connectivity index (χ1n) is 10.1. The molecule has 3 aromatic rings. The molecular weight excluding hydrogens is 444 g/mol. The molecule has 3 aromatic carbocycles. The van der Waals surface area contributed by atoms with E-state index >= 15 is 0 Å². The number of allylic oxidation sites excluding steroid dienone is 2. The van der Waals surface area contributed by atoms with Gasteiger partial charge in [0.15, 0.2) is 5.78 Å². The van der Waals surface area contributed by atoms with Gasteiger partial charge in [0.1, 0.15) is 0 Å². The molecule has 0 unspecified atom stereocenters. The Morgan fingerprint density at radius 1 is 1.00 bits per heavy atom. The largest absolute Gasteiger partial charge is 0.347 e. The molecule has 0 saturated carbocycles. The van der Waals surface area contributed by atoms with Gasteiger partial charge in [-0.2, -0.15) is 0 Å². The zero-order valence-electron chi connectivity index (χ0n) is 18.0. The molecule has 1 aliphatic heterocycles. The highest BCUT2D eigenvalue weighted by Crippen LogP contribution is 2.46. The molecule has 0 spiro atoms. The Labute approximate surface area is 193 Å². The number of nitrogens with one attached hydrogen (secondary N) is 1. The summed E-state index contributed by atoms with van der Waals surface area (Å²) in [5, 5.41) is 0.510. The van der Waals surface area contributed by atoms with Gasteiger partial charge >= 0.3 is 0 Å². The highest BCUT2D eigenvalue weighted by molar-refractivity contribution is 7.92. The van der Waals surface area contributed by atoms with Crippen molar-refractivity contribution in [1.29, 1.82) is 0 Å². The lowest BCUT2D eigenvalue weighted by Crippen LogP contribution is -2.24. The van der Waals surface area contributed by atoms with Crippen molar-refractivity contribution < 1.29 is 13.2 Å². The Bertz CT molecular complexity index is 1330. The van der Waals surface area contributed by atoms with Crippen molar-refractivity contribution in [2.24, 2.45) is 0 Å². The van der Waals surface area contributed by atoms with E-state index in [2.05, 4.69) is 24.6 Å². The molecule has 0 radical (unpaired) electrons. The van der Waals surface area contributed by atoms with Gasteiger partial charge < -0.3 is 4.90 Å². The van der Waals surface area contributed by atoms with Gasteiger partial charge in [0.25, 0.3) is 10.0 Å². The monoisotopic (exact) mass is 466 g/mol. The van der Waals surface area contributed by atoms with E-state index in [1.807, 2.05) is 30.1 Å². The molecule has 7 heteroatoms. The summed E-state index contributed by atoms with van der Waals surface area (Å²) in [5.74, 6) is -0.253. The number of ketones is 1. The van der Waals surface area contributed by atoms with Crippen LogP contribution in [0.5, 0.6) is 0 Å². The molecule has 0 saturated heterocycles. The van der Waals surface area contributed by atoms with Crippen LogP contribution in [-0.2, 0) is 15.4 Å². The van der Waals surface area contributed by atoms with Crippen molar-refractivity contribution in [1.82, 2.24) is 0 Å². The summed E-state index contributed by atoms with van der Waals surface area (Å²) in [6.45, 7) is 4.15. The standard InChI is InChI=1S/C25H23ClN2O3S/c1-25(2)21-9-4-5-10-22(21)28(3)24(25)16-23(29)17-7-6-8-20(15-17)32(30,31)27-19-13-11-18(26)12-14-19/h4-16,27H,1-3H3/b24-16+. The average Bonchev–Trinajstić information content (AvgIpc) is 2.96. The minimum atomic E-state index is -3.86. The van der Waals surface area contributed by atoms with E-state index in [-0.39, 0.29) is 16.1 Å². The third-order valence-corrected chi connectivity index (χ3v) is 7.36. The summed E-state index contributed by atoms with van der Waals surface area (Å²) in [5.41, 5.74) is 3.40. The van der Waals surface area contributed by atoms with Gasteiger partial charge in [-0.1, -0.05) is 55.8 Å². The van der Waals surface area contributed by atoms with E-state index in [9.17, 15) is 13.2 Å². The summed E-state index contributed by atoms with van der Waals surface area (Å²) in [6, 6.07) is 20.5. The van der Waals surface area contributed by atoms with E-state index in [1.54, 1.807) is 42.5 Å². The predicted octanol–water partition coefficient (Wildman–Crippen LogP) is 5.64.